The van der Waals surface area contributed by atoms with Gasteiger partial charge in [-0.1, -0.05) is 24.6 Å². The summed E-state index contributed by atoms with van der Waals surface area (Å²) in [5, 5.41) is 4.86. The van der Waals surface area contributed by atoms with Crippen molar-refractivity contribution < 1.29 is 4.74 Å². The molecule has 2 atom stereocenters. The lowest BCUT2D eigenvalue weighted by Gasteiger charge is -2.61. The summed E-state index contributed by atoms with van der Waals surface area (Å²) in [5.41, 5.74) is 1.44. The molecule has 3 nitrogen and oxygen atoms in total. The second-order valence-corrected chi connectivity index (χ2v) is 6.35. The minimum Gasteiger partial charge on any atom is -0.378 e. The quantitative estimate of drug-likeness (QED) is 0.920. The van der Waals surface area contributed by atoms with Crippen LogP contribution in [0.15, 0.2) is 36.4 Å². The Morgan fingerprint density at radius 2 is 2.10 bits per heavy atom. The molecule has 3 heteroatoms. The van der Waals surface area contributed by atoms with Crippen molar-refractivity contribution in [3.05, 3.63) is 36.4 Å². The van der Waals surface area contributed by atoms with Gasteiger partial charge in [-0.3, -0.25) is 0 Å². The topological polar surface area (TPSA) is 34.1 Å². The van der Waals surface area contributed by atoms with Crippen molar-refractivity contribution in [3.63, 3.8) is 0 Å². The first kappa shape index (κ1) is 13.1. The van der Waals surface area contributed by atoms with Crippen LogP contribution in [0.2, 0.25) is 0 Å². The number of nitrogens with zero attached hydrogens (tertiary/aromatic N) is 1. The summed E-state index contributed by atoms with van der Waals surface area (Å²) >= 11 is 0. The number of fused-ring (bicyclic) bond motifs is 1. The zero-order valence-corrected chi connectivity index (χ0v) is 12.5. The number of anilines is 1. The Kier molecular flexibility index (Phi) is 3.11. The minimum atomic E-state index is 0.378. The highest BCUT2D eigenvalue weighted by atomic mass is 16.5. The summed E-state index contributed by atoms with van der Waals surface area (Å²) in [6.45, 7) is 2.92. The fraction of sp³-hybridized carbons (Fsp3) is 0.500. The number of nitrogens with one attached hydrogen (secondary N) is 1. The molecule has 0 amide bonds. The van der Waals surface area contributed by atoms with E-state index in [1.807, 2.05) is 6.07 Å². The van der Waals surface area contributed by atoms with Gasteiger partial charge in [-0.15, -0.1) is 0 Å². The summed E-state index contributed by atoms with van der Waals surface area (Å²) in [4.78, 5) is 4.74. The molecular weight excluding hydrogens is 260 g/mol. The van der Waals surface area contributed by atoms with Crippen LogP contribution in [0.1, 0.15) is 32.6 Å². The lowest BCUT2D eigenvalue weighted by atomic mass is 9.51. The molecule has 2 unspecified atom stereocenters. The molecule has 1 heterocycles. The molecule has 2 aliphatic carbocycles. The smallest absolute Gasteiger partial charge is 0.126 e. The van der Waals surface area contributed by atoms with E-state index in [4.69, 9.17) is 9.72 Å². The van der Waals surface area contributed by atoms with Gasteiger partial charge in [-0.2, -0.15) is 0 Å². The van der Waals surface area contributed by atoms with Gasteiger partial charge in [-0.05, 0) is 44.4 Å². The lowest BCUT2D eigenvalue weighted by molar-refractivity contribution is -0.157. The Labute approximate surface area is 125 Å². The largest absolute Gasteiger partial charge is 0.378 e. The molecule has 0 bridgehead atoms. The van der Waals surface area contributed by atoms with Gasteiger partial charge in [-0.25, -0.2) is 4.98 Å². The van der Waals surface area contributed by atoms with Crippen LogP contribution in [-0.2, 0) is 4.74 Å². The third-order valence-electron chi connectivity index (χ3n) is 5.36. The molecule has 1 N–H and O–H groups in total. The van der Waals surface area contributed by atoms with E-state index in [2.05, 4.69) is 42.6 Å². The Morgan fingerprint density at radius 3 is 2.86 bits per heavy atom. The second kappa shape index (κ2) is 4.99. The average molecular weight is 282 g/mol. The Hall–Kier alpha value is -1.61. The van der Waals surface area contributed by atoms with E-state index in [-0.39, 0.29) is 0 Å². The highest BCUT2D eigenvalue weighted by molar-refractivity contribution is 5.80. The van der Waals surface area contributed by atoms with Crippen LogP contribution in [0, 0.1) is 5.41 Å². The van der Waals surface area contributed by atoms with E-state index in [9.17, 15) is 0 Å². The Balaban J connectivity index is 1.52. The van der Waals surface area contributed by atoms with Crippen LogP contribution < -0.4 is 5.32 Å². The van der Waals surface area contributed by atoms with Crippen LogP contribution in [-0.4, -0.2) is 23.7 Å². The van der Waals surface area contributed by atoms with Gasteiger partial charge >= 0.3 is 0 Å². The molecule has 1 aromatic carbocycles. The summed E-state index contributed by atoms with van der Waals surface area (Å²) < 4.78 is 5.91. The van der Waals surface area contributed by atoms with Crippen molar-refractivity contribution >= 4 is 16.7 Å². The molecule has 2 saturated carbocycles. The van der Waals surface area contributed by atoms with Gasteiger partial charge in [0.2, 0.25) is 0 Å². The second-order valence-electron chi connectivity index (χ2n) is 6.35. The maximum atomic E-state index is 5.91. The molecule has 0 saturated heterocycles. The van der Waals surface area contributed by atoms with Crippen molar-refractivity contribution in [2.24, 2.45) is 5.41 Å². The normalized spacial score (nSPS) is 26.3. The summed E-state index contributed by atoms with van der Waals surface area (Å²) in [6, 6.07) is 13.0. The molecule has 1 spiro atoms. The maximum Gasteiger partial charge on any atom is 0.126 e. The van der Waals surface area contributed by atoms with Crippen molar-refractivity contribution in [2.45, 2.75) is 44.8 Å². The van der Waals surface area contributed by atoms with Crippen molar-refractivity contribution in [3.8, 4) is 0 Å². The molecule has 2 aliphatic rings. The zero-order valence-electron chi connectivity index (χ0n) is 12.5. The first-order valence-electron chi connectivity index (χ1n) is 8.06. The molecule has 1 aromatic heterocycles. The van der Waals surface area contributed by atoms with Gasteiger partial charge < -0.3 is 10.1 Å². The predicted molar refractivity (Wildman–Crippen MR) is 85.5 cm³/mol. The van der Waals surface area contributed by atoms with E-state index >= 15 is 0 Å². The summed E-state index contributed by atoms with van der Waals surface area (Å²) in [5.74, 6) is 1.000. The molecule has 0 radical (unpaired) electrons. The van der Waals surface area contributed by atoms with Crippen LogP contribution in [0.5, 0.6) is 0 Å². The molecule has 4 rings (SSSR count). The Morgan fingerprint density at radius 1 is 1.24 bits per heavy atom. The highest BCUT2D eigenvalue weighted by Gasteiger charge is 2.58. The first-order valence-corrected chi connectivity index (χ1v) is 8.06. The Bertz CT molecular complexity index is 650. The molecular formula is C18H22N2O. The number of benzene rings is 1. The summed E-state index contributed by atoms with van der Waals surface area (Å²) in [6.07, 6.45) is 5.50. The number of rotatable bonds is 4. The van der Waals surface area contributed by atoms with Crippen LogP contribution in [0.25, 0.3) is 10.9 Å². The number of hydrogen-bond acceptors (Lipinski definition) is 3. The van der Waals surface area contributed by atoms with Gasteiger partial charge in [0.25, 0.3) is 0 Å². The van der Waals surface area contributed by atoms with Gasteiger partial charge in [0.1, 0.15) is 5.82 Å². The van der Waals surface area contributed by atoms with Crippen LogP contribution >= 0.6 is 0 Å². The third-order valence-corrected chi connectivity index (χ3v) is 5.36. The lowest BCUT2D eigenvalue weighted by Crippen LogP contribution is -2.64. The van der Waals surface area contributed by atoms with E-state index < -0.39 is 0 Å². The fourth-order valence-corrected chi connectivity index (χ4v) is 3.97. The third kappa shape index (κ3) is 2.03. The average Bonchev–Trinajstić information content (AvgIpc) is 2.44. The molecule has 2 fully saturated rings. The van der Waals surface area contributed by atoms with Crippen molar-refractivity contribution in [1.29, 1.82) is 0 Å². The molecule has 0 aliphatic heterocycles. The number of pyridine rings is 1. The number of para-hydroxylation sites is 1. The summed E-state index contributed by atoms with van der Waals surface area (Å²) in [7, 11) is 0. The number of hydrogen-bond donors (Lipinski definition) is 1. The van der Waals surface area contributed by atoms with Crippen molar-refractivity contribution in [2.75, 3.05) is 11.9 Å². The maximum absolute atomic E-state index is 5.91. The van der Waals surface area contributed by atoms with E-state index in [0.29, 0.717) is 17.6 Å². The fourth-order valence-electron chi connectivity index (χ4n) is 3.97. The first-order chi connectivity index (χ1) is 10.3. The highest BCUT2D eigenvalue weighted by Crippen LogP contribution is 2.58. The molecule has 110 valence electrons. The minimum absolute atomic E-state index is 0.378. The van der Waals surface area contributed by atoms with Gasteiger partial charge in [0, 0.05) is 23.4 Å². The number of aromatic nitrogens is 1. The van der Waals surface area contributed by atoms with Gasteiger partial charge in [0.15, 0.2) is 0 Å². The van der Waals surface area contributed by atoms with Crippen LogP contribution in [0.4, 0.5) is 5.82 Å². The van der Waals surface area contributed by atoms with Gasteiger partial charge in [0.05, 0.1) is 11.6 Å². The number of ether oxygens (including phenoxy) is 1. The SMILES string of the molecule is CCOC1CC(Nc2ccc3ccccc3n2)C12CCC2. The standard InChI is InChI=1S/C18H22N2O/c1-2-21-16-12-15(18(16)10-5-11-18)20-17-9-8-13-6-3-4-7-14(13)19-17/h3-4,6-9,15-16H,2,5,10-12H2,1H3,(H,19,20). The molecule has 21 heavy (non-hydrogen) atoms. The van der Waals surface area contributed by atoms with E-state index in [1.54, 1.807) is 0 Å². The predicted octanol–water partition coefficient (Wildman–Crippen LogP) is 3.99. The zero-order chi connectivity index (χ0) is 14.3. The van der Waals surface area contributed by atoms with Crippen LogP contribution in [0.3, 0.4) is 0 Å². The monoisotopic (exact) mass is 282 g/mol. The molecule has 2 aromatic rings. The van der Waals surface area contributed by atoms with E-state index in [1.165, 1.54) is 24.6 Å². The van der Waals surface area contributed by atoms with Crippen molar-refractivity contribution in [1.82, 2.24) is 4.98 Å². The van der Waals surface area contributed by atoms with E-state index in [0.717, 1.165) is 24.4 Å².